The predicted octanol–water partition coefficient (Wildman–Crippen LogP) is 2.90. The summed E-state index contributed by atoms with van der Waals surface area (Å²) < 4.78 is 27.7. The standard InChI is InChI=1S/C23H25N5O3S/c1-26-14-15-28(22-21(26)24-19-10-3-4-11-20(19)25-22)23(29)17-8-7-9-18(16-17)32(30,31)27-12-5-2-6-13-27/h3-4,7-11,16H,2,5-6,12-15H2,1H3. The number of rotatable bonds is 3. The van der Waals surface area contributed by atoms with E-state index in [4.69, 9.17) is 9.97 Å². The van der Waals surface area contributed by atoms with E-state index in [0.29, 0.717) is 48.9 Å². The van der Waals surface area contributed by atoms with E-state index in [2.05, 4.69) is 0 Å². The minimum Gasteiger partial charge on any atom is -0.355 e. The molecule has 3 aromatic rings. The number of carbonyl (C=O) groups is 1. The van der Waals surface area contributed by atoms with Crippen molar-refractivity contribution in [3.05, 3.63) is 54.1 Å². The van der Waals surface area contributed by atoms with E-state index >= 15 is 0 Å². The van der Waals surface area contributed by atoms with Gasteiger partial charge in [0.2, 0.25) is 10.0 Å². The van der Waals surface area contributed by atoms with Gasteiger partial charge in [-0.15, -0.1) is 0 Å². The maximum atomic E-state index is 13.5. The van der Waals surface area contributed by atoms with Crippen molar-refractivity contribution < 1.29 is 13.2 Å². The van der Waals surface area contributed by atoms with Crippen LogP contribution in [0.3, 0.4) is 0 Å². The molecule has 1 amide bonds. The van der Waals surface area contributed by atoms with Crippen LogP contribution in [0.2, 0.25) is 0 Å². The molecule has 0 radical (unpaired) electrons. The van der Waals surface area contributed by atoms with Gasteiger partial charge in [0.05, 0.1) is 15.9 Å². The van der Waals surface area contributed by atoms with Crippen LogP contribution in [0.15, 0.2) is 53.4 Å². The number of carbonyl (C=O) groups excluding carboxylic acids is 1. The highest BCUT2D eigenvalue weighted by molar-refractivity contribution is 7.89. The molecule has 2 aromatic carbocycles. The van der Waals surface area contributed by atoms with Crippen molar-refractivity contribution in [1.29, 1.82) is 0 Å². The average molecular weight is 452 g/mol. The van der Waals surface area contributed by atoms with E-state index in [1.807, 2.05) is 36.2 Å². The number of anilines is 2. The normalized spacial score (nSPS) is 17.4. The van der Waals surface area contributed by atoms with Crippen LogP contribution in [0, 0.1) is 0 Å². The van der Waals surface area contributed by atoms with Crippen LogP contribution in [-0.4, -0.2) is 61.8 Å². The van der Waals surface area contributed by atoms with Gasteiger partial charge in [-0.1, -0.05) is 24.6 Å². The van der Waals surface area contributed by atoms with Gasteiger partial charge in [-0.3, -0.25) is 9.69 Å². The summed E-state index contributed by atoms with van der Waals surface area (Å²) in [6.45, 7) is 2.10. The predicted molar refractivity (Wildman–Crippen MR) is 124 cm³/mol. The molecule has 166 valence electrons. The summed E-state index contributed by atoms with van der Waals surface area (Å²) in [5.41, 5.74) is 1.80. The van der Waals surface area contributed by atoms with Crippen molar-refractivity contribution in [1.82, 2.24) is 14.3 Å². The van der Waals surface area contributed by atoms with Crippen molar-refractivity contribution in [3.8, 4) is 0 Å². The van der Waals surface area contributed by atoms with Gasteiger partial charge in [-0.2, -0.15) is 4.31 Å². The molecule has 32 heavy (non-hydrogen) atoms. The largest absolute Gasteiger partial charge is 0.355 e. The third-order valence-electron chi connectivity index (χ3n) is 6.09. The first kappa shape index (κ1) is 20.8. The van der Waals surface area contributed by atoms with Gasteiger partial charge < -0.3 is 4.90 Å². The monoisotopic (exact) mass is 451 g/mol. The molecule has 9 heteroatoms. The number of hydrogen-bond donors (Lipinski definition) is 0. The molecule has 1 aromatic heterocycles. The number of likely N-dealkylation sites (N-methyl/N-ethyl adjacent to an activating group) is 1. The molecule has 5 rings (SSSR count). The Bertz CT molecular complexity index is 1290. The van der Waals surface area contributed by atoms with Gasteiger partial charge in [0.15, 0.2) is 11.6 Å². The fourth-order valence-corrected chi connectivity index (χ4v) is 5.84. The van der Waals surface area contributed by atoms with Crippen molar-refractivity contribution in [2.45, 2.75) is 24.2 Å². The van der Waals surface area contributed by atoms with Crippen LogP contribution < -0.4 is 9.80 Å². The second-order valence-corrected chi connectivity index (χ2v) is 10.2. The molecule has 0 atom stereocenters. The summed E-state index contributed by atoms with van der Waals surface area (Å²) in [5.74, 6) is 0.853. The van der Waals surface area contributed by atoms with Crippen LogP contribution in [-0.2, 0) is 10.0 Å². The minimum absolute atomic E-state index is 0.157. The molecule has 0 N–H and O–H groups in total. The highest BCUT2D eigenvalue weighted by Gasteiger charge is 2.31. The lowest BCUT2D eigenvalue weighted by Gasteiger charge is -2.34. The van der Waals surface area contributed by atoms with Crippen LogP contribution in [0.4, 0.5) is 11.6 Å². The number of amides is 1. The SMILES string of the molecule is CN1CCN(C(=O)c2cccc(S(=O)(=O)N3CCCCC3)c2)c2nc3ccccc3nc21. The molecule has 1 fully saturated rings. The summed E-state index contributed by atoms with van der Waals surface area (Å²) >= 11 is 0. The van der Waals surface area contributed by atoms with Crippen molar-refractivity contribution >= 4 is 38.6 Å². The summed E-state index contributed by atoms with van der Waals surface area (Å²) in [7, 11) is -1.69. The van der Waals surface area contributed by atoms with E-state index in [0.717, 1.165) is 24.8 Å². The molecule has 0 aliphatic carbocycles. The minimum atomic E-state index is -3.62. The number of piperidine rings is 1. The van der Waals surface area contributed by atoms with E-state index in [1.54, 1.807) is 23.1 Å². The topological polar surface area (TPSA) is 86.7 Å². The fourth-order valence-electron chi connectivity index (χ4n) is 4.28. The van der Waals surface area contributed by atoms with Gasteiger partial charge in [0.25, 0.3) is 5.91 Å². The van der Waals surface area contributed by atoms with E-state index in [9.17, 15) is 13.2 Å². The molecule has 0 saturated carbocycles. The average Bonchev–Trinajstić information content (AvgIpc) is 2.83. The maximum Gasteiger partial charge on any atom is 0.259 e. The maximum absolute atomic E-state index is 13.5. The first-order chi connectivity index (χ1) is 15.4. The molecule has 8 nitrogen and oxygen atoms in total. The Morgan fingerprint density at radius 2 is 1.53 bits per heavy atom. The van der Waals surface area contributed by atoms with Crippen LogP contribution in [0.1, 0.15) is 29.6 Å². The van der Waals surface area contributed by atoms with Gasteiger partial charge in [0.1, 0.15) is 0 Å². The lowest BCUT2D eigenvalue weighted by atomic mass is 10.2. The lowest BCUT2D eigenvalue weighted by molar-refractivity contribution is 0.0985. The molecule has 0 bridgehead atoms. The first-order valence-electron chi connectivity index (χ1n) is 10.9. The van der Waals surface area contributed by atoms with E-state index < -0.39 is 10.0 Å². The van der Waals surface area contributed by atoms with Crippen molar-refractivity contribution in [2.24, 2.45) is 0 Å². The number of sulfonamides is 1. The van der Waals surface area contributed by atoms with Crippen molar-refractivity contribution in [2.75, 3.05) is 43.0 Å². The lowest BCUT2D eigenvalue weighted by Crippen LogP contribution is -2.44. The summed E-state index contributed by atoms with van der Waals surface area (Å²) in [6.07, 6.45) is 2.77. The molecule has 2 aliphatic rings. The third-order valence-corrected chi connectivity index (χ3v) is 7.98. The van der Waals surface area contributed by atoms with Gasteiger partial charge >= 0.3 is 0 Å². The molecular weight excluding hydrogens is 426 g/mol. The van der Waals surface area contributed by atoms with Crippen LogP contribution in [0.5, 0.6) is 0 Å². The number of hydrogen-bond acceptors (Lipinski definition) is 6. The zero-order chi connectivity index (χ0) is 22.3. The van der Waals surface area contributed by atoms with Crippen LogP contribution >= 0.6 is 0 Å². The highest BCUT2D eigenvalue weighted by Crippen LogP contribution is 2.32. The van der Waals surface area contributed by atoms with E-state index in [-0.39, 0.29) is 10.8 Å². The first-order valence-corrected chi connectivity index (χ1v) is 12.3. The Morgan fingerprint density at radius 1 is 0.844 bits per heavy atom. The van der Waals surface area contributed by atoms with Gasteiger partial charge in [-0.05, 0) is 43.2 Å². The zero-order valence-corrected chi connectivity index (χ0v) is 18.8. The number of fused-ring (bicyclic) bond motifs is 2. The summed E-state index contributed by atoms with van der Waals surface area (Å²) in [5, 5.41) is 0. The Hall–Kier alpha value is -3.04. The second kappa shape index (κ2) is 8.14. The molecule has 1 saturated heterocycles. The van der Waals surface area contributed by atoms with Crippen molar-refractivity contribution in [3.63, 3.8) is 0 Å². The zero-order valence-electron chi connectivity index (χ0n) is 17.9. The Kier molecular flexibility index (Phi) is 5.30. The molecular formula is C23H25N5O3S. The highest BCUT2D eigenvalue weighted by atomic mass is 32.2. The number of nitrogens with zero attached hydrogens (tertiary/aromatic N) is 5. The third kappa shape index (κ3) is 3.61. The fraction of sp³-hybridized carbons (Fsp3) is 0.348. The van der Waals surface area contributed by atoms with Crippen LogP contribution in [0.25, 0.3) is 11.0 Å². The molecule has 2 aliphatic heterocycles. The van der Waals surface area contributed by atoms with E-state index in [1.165, 1.54) is 10.4 Å². The Morgan fingerprint density at radius 3 is 2.25 bits per heavy atom. The summed E-state index contributed by atoms with van der Waals surface area (Å²) in [6, 6.07) is 13.9. The smallest absolute Gasteiger partial charge is 0.259 e. The summed E-state index contributed by atoms with van der Waals surface area (Å²) in [4.78, 5) is 26.7. The number of benzene rings is 2. The van der Waals surface area contributed by atoms with Gasteiger partial charge in [0, 0.05) is 38.8 Å². The Labute approximate surface area is 187 Å². The Balaban J connectivity index is 1.51. The molecule has 0 unspecified atom stereocenters. The number of para-hydroxylation sites is 2. The number of aromatic nitrogens is 2. The molecule has 0 spiro atoms. The quantitative estimate of drug-likeness (QED) is 0.609. The second-order valence-electron chi connectivity index (χ2n) is 8.23. The molecule has 3 heterocycles. The van der Waals surface area contributed by atoms with Gasteiger partial charge in [-0.25, -0.2) is 18.4 Å².